The summed E-state index contributed by atoms with van der Waals surface area (Å²) in [5.41, 5.74) is 6.12. The summed E-state index contributed by atoms with van der Waals surface area (Å²) in [6.45, 7) is 7.89. The van der Waals surface area contributed by atoms with E-state index in [1.54, 1.807) is 6.07 Å². The molecule has 3 aromatic heterocycles. The van der Waals surface area contributed by atoms with Crippen LogP contribution in [0.15, 0.2) is 24.5 Å². The molecule has 5 nitrogen and oxygen atoms in total. The lowest BCUT2D eigenvalue weighted by atomic mass is 10.1. The van der Waals surface area contributed by atoms with Gasteiger partial charge >= 0.3 is 0 Å². The summed E-state index contributed by atoms with van der Waals surface area (Å²) in [4.78, 5) is 13.4. The predicted molar refractivity (Wildman–Crippen MR) is 99.8 cm³/mol. The van der Waals surface area contributed by atoms with Crippen molar-refractivity contribution in [2.75, 3.05) is 0 Å². The highest BCUT2D eigenvalue weighted by molar-refractivity contribution is 6.36. The minimum Gasteiger partial charge on any atom is -0.508 e. The summed E-state index contributed by atoms with van der Waals surface area (Å²) in [6.07, 6.45) is 1.45. The predicted octanol–water partition coefficient (Wildman–Crippen LogP) is 4.56. The molecule has 0 radical (unpaired) electrons. The Hall–Kier alpha value is -2.66. The van der Waals surface area contributed by atoms with Gasteiger partial charge in [-0.15, -0.1) is 0 Å². The van der Waals surface area contributed by atoms with Crippen LogP contribution in [0.25, 0.3) is 27.8 Å². The average Bonchev–Trinajstić information content (AvgIpc) is 2.87. The second-order valence-corrected chi connectivity index (χ2v) is 6.69. The Kier molecular flexibility index (Phi) is 3.44. The van der Waals surface area contributed by atoms with Crippen LogP contribution in [-0.2, 0) is 0 Å². The molecule has 4 rings (SSSR count). The first-order valence-electron chi connectivity index (χ1n) is 7.98. The maximum atomic E-state index is 10.2. The van der Waals surface area contributed by atoms with E-state index in [0.717, 1.165) is 44.5 Å². The van der Waals surface area contributed by atoms with Crippen molar-refractivity contribution in [3.8, 4) is 11.4 Å². The minimum atomic E-state index is 0.236. The summed E-state index contributed by atoms with van der Waals surface area (Å²) in [5, 5.41) is 12.3. The molecule has 6 heteroatoms. The molecular weight excluding hydrogens is 336 g/mol. The highest BCUT2D eigenvalue weighted by atomic mass is 35.5. The number of halogens is 1. The zero-order valence-electron chi connectivity index (χ0n) is 14.4. The Balaban J connectivity index is 2.30. The normalized spacial score (nSPS) is 11.6. The number of pyridine rings is 1. The molecule has 126 valence electrons. The van der Waals surface area contributed by atoms with Gasteiger partial charge in [-0.25, -0.2) is 15.0 Å². The van der Waals surface area contributed by atoms with Crippen molar-refractivity contribution >= 4 is 33.7 Å². The van der Waals surface area contributed by atoms with Crippen LogP contribution in [0.1, 0.15) is 22.4 Å². The van der Waals surface area contributed by atoms with Crippen molar-refractivity contribution in [3.63, 3.8) is 0 Å². The second kappa shape index (κ2) is 5.43. The summed E-state index contributed by atoms with van der Waals surface area (Å²) in [5.74, 6) is 0.236. The van der Waals surface area contributed by atoms with Gasteiger partial charge in [-0.05, 0) is 51.0 Å². The first kappa shape index (κ1) is 15.8. The number of rotatable bonds is 1. The maximum absolute atomic E-state index is 10.2. The van der Waals surface area contributed by atoms with E-state index in [1.165, 1.54) is 6.33 Å². The molecule has 0 aliphatic carbocycles. The van der Waals surface area contributed by atoms with Crippen molar-refractivity contribution in [1.29, 1.82) is 0 Å². The molecule has 0 saturated carbocycles. The molecule has 0 atom stereocenters. The Morgan fingerprint density at radius 2 is 1.76 bits per heavy atom. The van der Waals surface area contributed by atoms with Gasteiger partial charge in [0, 0.05) is 16.6 Å². The summed E-state index contributed by atoms with van der Waals surface area (Å²) in [6, 6.07) is 5.66. The lowest BCUT2D eigenvalue weighted by Gasteiger charge is -2.14. The van der Waals surface area contributed by atoms with E-state index in [2.05, 4.69) is 16.0 Å². The molecule has 0 aliphatic rings. The van der Waals surface area contributed by atoms with E-state index in [1.807, 2.05) is 38.3 Å². The molecule has 0 aliphatic heterocycles. The average molecular weight is 353 g/mol. The maximum Gasteiger partial charge on any atom is 0.151 e. The van der Waals surface area contributed by atoms with Crippen LogP contribution in [0.5, 0.6) is 5.75 Å². The Labute approximate surface area is 149 Å². The van der Waals surface area contributed by atoms with Gasteiger partial charge in [-0.1, -0.05) is 17.7 Å². The summed E-state index contributed by atoms with van der Waals surface area (Å²) >= 11 is 6.40. The SMILES string of the molecule is Cc1cc2c3c(Cl)ncnc3n(-c3c(C)ccc(O)c3C)c2nc1C. The second-order valence-electron chi connectivity index (χ2n) is 6.34. The summed E-state index contributed by atoms with van der Waals surface area (Å²) < 4.78 is 1.97. The van der Waals surface area contributed by atoms with Gasteiger partial charge in [0.15, 0.2) is 5.65 Å². The number of aryl methyl sites for hydroxylation is 3. The molecule has 0 unspecified atom stereocenters. The topological polar surface area (TPSA) is 63.8 Å². The fourth-order valence-corrected chi connectivity index (χ4v) is 3.51. The van der Waals surface area contributed by atoms with E-state index >= 15 is 0 Å². The lowest BCUT2D eigenvalue weighted by Crippen LogP contribution is -2.03. The van der Waals surface area contributed by atoms with Crippen LogP contribution in [0.2, 0.25) is 5.15 Å². The minimum absolute atomic E-state index is 0.236. The Bertz CT molecular complexity index is 1160. The molecule has 25 heavy (non-hydrogen) atoms. The summed E-state index contributed by atoms with van der Waals surface area (Å²) in [7, 11) is 0. The third-order valence-corrected chi connectivity index (χ3v) is 5.03. The molecule has 4 aromatic rings. The Morgan fingerprint density at radius 1 is 1.00 bits per heavy atom. The molecule has 3 heterocycles. The fourth-order valence-electron chi connectivity index (χ4n) is 3.29. The van der Waals surface area contributed by atoms with Gasteiger partial charge in [0.2, 0.25) is 0 Å². The molecule has 1 N–H and O–H groups in total. The van der Waals surface area contributed by atoms with Crippen LogP contribution in [0.4, 0.5) is 0 Å². The van der Waals surface area contributed by atoms with E-state index in [-0.39, 0.29) is 5.75 Å². The van der Waals surface area contributed by atoms with Crippen molar-refractivity contribution < 1.29 is 5.11 Å². The number of hydrogen-bond donors (Lipinski definition) is 1. The zero-order chi connectivity index (χ0) is 17.9. The number of aromatic nitrogens is 4. The largest absolute Gasteiger partial charge is 0.508 e. The van der Waals surface area contributed by atoms with Gasteiger partial charge in [0.25, 0.3) is 0 Å². The van der Waals surface area contributed by atoms with Crippen molar-refractivity contribution in [3.05, 3.63) is 52.1 Å². The van der Waals surface area contributed by atoms with Gasteiger partial charge in [0.1, 0.15) is 22.9 Å². The van der Waals surface area contributed by atoms with Crippen molar-refractivity contribution in [1.82, 2.24) is 19.5 Å². The standard InChI is InChI=1S/C19H17ClN4O/c1-9-5-6-14(25)11(3)16(9)24-18-13(7-10(2)12(4)23-18)15-17(20)21-8-22-19(15)24/h5-8,25H,1-4H3. The molecular formula is C19H17ClN4O. The van der Waals surface area contributed by atoms with E-state index in [0.29, 0.717) is 10.8 Å². The molecule has 1 aromatic carbocycles. The number of hydrogen-bond acceptors (Lipinski definition) is 4. The molecule has 0 bridgehead atoms. The first-order chi connectivity index (χ1) is 11.9. The number of benzene rings is 1. The highest BCUT2D eigenvalue weighted by Crippen LogP contribution is 2.37. The van der Waals surface area contributed by atoms with Crippen LogP contribution in [-0.4, -0.2) is 24.6 Å². The van der Waals surface area contributed by atoms with Gasteiger partial charge < -0.3 is 5.11 Å². The van der Waals surface area contributed by atoms with E-state index in [4.69, 9.17) is 16.6 Å². The Morgan fingerprint density at radius 3 is 2.52 bits per heavy atom. The van der Waals surface area contributed by atoms with Gasteiger partial charge in [0.05, 0.1) is 11.1 Å². The van der Waals surface area contributed by atoms with Crippen molar-refractivity contribution in [2.45, 2.75) is 27.7 Å². The highest BCUT2D eigenvalue weighted by Gasteiger charge is 2.21. The van der Waals surface area contributed by atoms with Gasteiger partial charge in [-0.3, -0.25) is 4.57 Å². The molecule has 0 spiro atoms. The first-order valence-corrected chi connectivity index (χ1v) is 8.36. The van der Waals surface area contributed by atoms with E-state index in [9.17, 15) is 5.11 Å². The van der Waals surface area contributed by atoms with Crippen LogP contribution >= 0.6 is 11.6 Å². The number of fused-ring (bicyclic) bond motifs is 3. The van der Waals surface area contributed by atoms with Crippen LogP contribution in [0.3, 0.4) is 0 Å². The monoisotopic (exact) mass is 352 g/mol. The number of phenolic OH excluding ortho intramolecular Hbond substituents is 1. The molecule has 0 fully saturated rings. The molecule has 0 saturated heterocycles. The lowest BCUT2D eigenvalue weighted by molar-refractivity contribution is 0.470. The number of aromatic hydroxyl groups is 1. The van der Waals surface area contributed by atoms with E-state index < -0.39 is 0 Å². The van der Waals surface area contributed by atoms with Crippen molar-refractivity contribution in [2.24, 2.45) is 0 Å². The fraction of sp³-hybridized carbons (Fsp3) is 0.211. The quantitative estimate of drug-likeness (QED) is 0.510. The van der Waals surface area contributed by atoms with Crippen LogP contribution < -0.4 is 0 Å². The van der Waals surface area contributed by atoms with Crippen LogP contribution in [0, 0.1) is 27.7 Å². The zero-order valence-corrected chi connectivity index (χ0v) is 15.2. The third kappa shape index (κ3) is 2.19. The number of nitrogens with zero attached hydrogens (tertiary/aromatic N) is 4. The van der Waals surface area contributed by atoms with Gasteiger partial charge in [-0.2, -0.15) is 0 Å². The third-order valence-electron chi connectivity index (χ3n) is 4.75. The smallest absolute Gasteiger partial charge is 0.151 e. The number of phenols is 1. The molecule has 0 amide bonds.